The average molecular weight is 394 g/mol. The molecule has 6 heteroatoms. The van der Waals surface area contributed by atoms with Crippen LogP contribution >= 0.6 is 0 Å². The van der Waals surface area contributed by atoms with E-state index in [0.29, 0.717) is 23.0 Å². The van der Waals surface area contributed by atoms with Crippen LogP contribution < -0.4 is 18.9 Å². The number of hydrogen-bond donors (Lipinski definition) is 0. The fourth-order valence-electron chi connectivity index (χ4n) is 4.36. The van der Waals surface area contributed by atoms with Gasteiger partial charge in [0, 0.05) is 27.1 Å². The third-order valence-electron chi connectivity index (χ3n) is 5.68. The van der Waals surface area contributed by atoms with Crippen LogP contribution in [0.5, 0.6) is 23.0 Å². The Labute approximate surface area is 170 Å². The van der Waals surface area contributed by atoms with Gasteiger partial charge >= 0.3 is 0 Å². The molecule has 0 aliphatic carbocycles. The van der Waals surface area contributed by atoms with Gasteiger partial charge in [-0.1, -0.05) is 30.3 Å². The Hall–Kier alpha value is -4.06. The van der Waals surface area contributed by atoms with Crippen molar-refractivity contribution in [3.05, 3.63) is 60.8 Å². The summed E-state index contributed by atoms with van der Waals surface area (Å²) in [6.45, 7) is 0.384. The largest absolute Gasteiger partial charge is 0.454 e. The van der Waals surface area contributed by atoms with Crippen LogP contribution in [0.1, 0.15) is 0 Å². The lowest BCUT2D eigenvalue weighted by Gasteiger charge is -2.13. The van der Waals surface area contributed by atoms with Crippen LogP contribution in [0.15, 0.2) is 60.8 Å². The van der Waals surface area contributed by atoms with E-state index in [-0.39, 0.29) is 13.6 Å². The molecule has 0 radical (unpaired) electrons. The molecule has 0 N–H and O–H groups in total. The van der Waals surface area contributed by atoms with E-state index in [9.17, 15) is 0 Å². The fraction of sp³-hybridized carbons (Fsp3) is 0.0833. The highest BCUT2D eigenvalue weighted by Crippen LogP contribution is 2.51. The molecule has 4 aromatic carbocycles. The van der Waals surface area contributed by atoms with Crippen molar-refractivity contribution in [2.45, 2.75) is 0 Å². The van der Waals surface area contributed by atoms with E-state index in [0.717, 1.165) is 43.8 Å². The molecular formula is C24H14N2O4. The lowest BCUT2D eigenvalue weighted by atomic mass is 9.97. The van der Waals surface area contributed by atoms with E-state index in [1.807, 2.05) is 60.8 Å². The molecule has 0 spiro atoms. The van der Waals surface area contributed by atoms with Crippen molar-refractivity contribution in [3.63, 3.8) is 0 Å². The van der Waals surface area contributed by atoms with Gasteiger partial charge < -0.3 is 18.9 Å². The molecule has 0 atom stereocenters. The van der Waals surface area contributed by atoms with Crippen molar-refractivity contribution in [2.75, 3.05) is 13.6 Å². The molecule has 2 aliphatic heterocycles. The van der Waals surface area contributed by atoms with E-state index >= 15 is 0 Å². The van der Waals surface area contributed by atoms with Gasteiger partial charge in [0.2, 0.25) is 13.6 Å². The van der Waals surface area contributed by atoms with Crippen LogP contribution in [-0.2, 0) is 0 Å². The highest BCUT2D eigenvalue weighted by atomic mass is 16.7. The molecule has 6 nitrogen and oxygen atoms in total. The molecule has 144 valence electrons. The van der Waals surface area contributed by atoms with Crippen molar-refractivity contribution in [1.29, 1.82) is 0 Å². The Bertz CT molecular complexity index is 1500. The van der Waals surface area contributed by atoms with Crippen molar-refractivity contribution >= 4 is 32.6 Å². The zero-order valence-corrected chi connectivity index (χ0v) is 15.7. The number of aromatic nitrogens is 2. The summed E-state index contributed by atoms with van der Waals surface area (Å²) in [6, 6.07) is 17.9. The van der Waals surface area contributed by atoms with Crippen molar-refractivity contribution in [1.82, 2.24) is 9.97 Å². The number of ether oxygens (including phenoxy) is 4. The van der Waals surface area contributed by atoms with E-state index in [1.54, 1.807) is 0 Å². The van der Waals surface area contributed by atoms with Gasteiger partial charge in [-0.15, -0.1) is 0 Å². The lowest BCUT2D eigenvalue weighted by molar-refractivity contribution is 0.174. The minimum atomic E-state index is 0.191. The topological polar surface area (TPSA) is 62.7 Å². The Morgan fingerprint density at radius 1 is 0.633 bits per heavy atom. The van der Waals surface area contributed by atoms with Crippen molar-refractivity contribution < 1.29 is 18.9 Å². The van der Waals surface area contributed by atoms with Gasteiger partial charge in [-0.05, 0) is 24.3 Å². The monoisotopic (exact) mass is 394 g/mol. The Morgan fingerprint density at radius 3 is 1.93 bits per heavy atom. The second kappa shape index (κ2) is 5.73. The van der Waals surface area contributed by atoms with Crippen LogP contribution in [0.3, 0.4) is 0 Å². The molecule has 3 heterocycles. The summed E-state index contributed by atoms with van der Waals surface area (Å²) < 4.78 is 23.0. The van der Waals surface area contributed by atoms with Crippen molar-refractivity contribution in [2.24, 2.45) is 0 Å². The zero-order valence-electron chi connectivity index (χ0n) is 15.7. The predicted octanol–water partition coefficient (Wildman–Crippen LogP) is 5.06. The number of nitrogens with zero attached hydrogens (tertiary/aromatic N) is 2. The van der Waals surface area contributed by atoms with Gasteiger partial charge in [0.25, 0.3) is 0 Å². The Balaban J connectivity index is 1.69. The van der Waals surface area contributed by atoms with Crippen LogP contribution in [-0.4, -0.2) is 23.6 Å². The first-order valence-electron chi connectivity index (χ1n) is 9.67. The second-order valence-electron chi connectivity index (χ2n) is 7.26. The molecular weight excluding hydrogens is 380 g/mol. The predicted molar refractivity (Wildman–Crippen MR) is 112 cm³/mol. The summed E-state index contributed by atoms with van der Waals surface area (Å²) in [7, 11) is 0. The molecule has 0 bridgehead atoms. The van der Waals surface area contributed by atoms with Crippen LogP contribution in [0.4, 0.5) is 0 Å². The Morgan fingerprint density at radius 2 is 1.27 bits per heavy atom. The first kappa shape index (κ1) is 15.8. The van der Waals surface area contributed by atoms with Gasteiger partial charge in [0.1, 0.15) is 0 Å². The summed E-state index contributed by atoms with van der Waals surface area (Å²) in [6.07, 6.45) is 1.82. The smallest absolute Gasteiger partial charge is 0.231 e. The molecule has 7 rings (SSSR count). The minimum absolute atomic E-state index is 0.191. The standard InChI is InChI=1S/C24H14N2O4/c1-2-4-13(5-3-1)16-10-25-21-14-6-8-17-23(29-11-27-17)19(14)20-15(22(21)26-16)7-9-18-24(20)30-12-28-18/h1-10H,11-12H2. The van der Waals surface area contributed by atoms with Crippen LogP contribution in [0, 0.1) is 0 Å². The molecule has 0 unspecified atom stereocenters. The maximum absolute atomic E-state index is 5.88. The molecule has 1 aromatic heterocycles. The molecule has 0 amide bonds. The third kappa shape index (κ3) is 2.02. The Kier molecular flexibility index (Phi) is 3.02. The number of hydrogen-bond acceptors (Lipinski definition) is 6. The normalized spacial score (nSPS) is 14.1. The van der Waals surface area contributed by atoms with Gasteiger partial charge in [0.15, 0.2) is 23.0 Å². The van der Waals surface area contributed by atoms with Gasteiger partial charge in [-0.2, -0.15) is 0 Å². The summed E-state index contributed by atoms with van der Waals surface area (Å²) in [4.78, 5) is 9.84. The molecule has 5 aromatic rings. The van der Waals surface area contributed by atoms with E-state index in [2.05, 4.69) is 0 Å². The SMILES string of the molecule is c1ccc(-c2cnc3c4ccc5c(c4c4c6c(ccc4c3n2)OCO6)OCO5)cc1. The van der Waals surface area contributed by atoms with E-state index in [4.69, 9.17) is 28.9 Å². The minimum Gasteiger partial charge on any atom is -0.454 e. The molecule has 0 saturated heterocycles. The highest BCUT2D eigenvalue weighted by molar-refractivity contribution is 6.27. The summed E-state index contributed by atoms with van der Waals surface area (Å²) in [5.41, 5.74) is 3.47. The number of fused-ring (bicyclic) bond motifs is 10. The maximum atomic E-state index is 5.88. The second-order valence-corrected chi connectivity index (χ2v) is 7.26. The third-order valence-corrected chi connectivity index (χ3v) is 5.68. The summed E-state index contributed by atoms with van der Waals surface area (Å²) in [5.74, 6) is 2.84. The molecule has 0 saturated carbocycles. The maximum Gasteiger partial charge on any atom is 0.231 e. The fourth-order valence-corrected chi connectivity index (χ4v) is 4.36. The average Bonchev–Trinajstić information content (AvgIpc) is 3.48. The highest BCUT2D eigenvalue weighted by Gasteiger charge is 2.27. The number of rotatable bonds is 1. The van der Waals surface area contributed by atoms with Gasteiger partial charge in [0.05, 0.1) is 22.9 Å². The molecule has 2 aliphatic rings. The van der Waals surface area contributed by atoms with Crippen LogP contribution in [0.2, 0.25) is 0 Å². The van der Waals surface area contributed by atoms with Crippen molar-refractivity contribution in [3.8, 4) is 34.3 Å². The summed E-state index contributed by atoms with van der Waals surface area (Å²) in [5, 5.41) is 3.71. The number of benzene rings is 4. The zero-order chi connectivity index (χ0) is 19.7. The van der Waals surface area contributed by atoms with Gasteiger partial charge in [-0.25, -0.2) is 4.98 Å². The van der Waals surface area contributed by atoms with Gasteiger partial charge in [-0.3, -0.25) is 4.98 Å². The molecule has 0 fully saturated rings. The quantitative estimate of drug-likeness (QED) is 0.370. The summed E-state index contributed by atoms with van der Waals surface area (Å²) >= 11 is 0. The van der Waals surface area contributed by atoms with Crippen LogP contribution in [0.25, 0.3) is 43.8 Å². The lowest BCUT2D eigenvalue weighted by Crippen LogP contribution is -1.95. The van der Waals surface area contributed by atoms with E-state index < -0.39 is 0 Å². The molecule has 30 heavy (non-hydrogen) atoms. The van der Waals surface area contributed by atoms with E-state index in [1.165, 1.54) is 0 Å². The first-order valence-corrected chi connectivity index (χ1v) is 9.67. The first-order chi connectivity index (χ1) is 14.9.